The van der Waals surface area contributed by atoms with Crippen molar-refractivity contribution >= 4 is 38.5 Å². The van der Waals surface area contributed by atoms with Gasteiger partial charge in [0.2, 0.25) is 0 Å². The predicted octanol–water partition coefficient (Wildman–Crippen LogP) is 4.95. The van der Waals surface area contributed by atoms with E-state index < -0.39 is 6.10 Å². The fourth-order valence-corrected chi connectivity index (χ4v) is 2.72. The Morgan fingerprint density at radius 3 is 2.16 bits per heavy atom. The van der Waals surface area contributed by atoms with E-state index in [1.165, 1.54) is 3.57 Å². The quantitative estimate of drug-likeness (QED) is 0.683. The lowest BCUT2D eigenvalue weighted by atomic mass is 9.98. The van der Waals surface area contributed by atoms with Crippen molar-refractivity contribution in [1.29, 1.82) is 0 Å². The molecule has 1 atom stereocenters. The van der Waals surface area contributed by atoms with E-state index in [1.54, 1.807) is 0 Å². The van der Waals surface area contributed by atoms with Crippen molar-refractivity contribution in [3.8, 4) is 0 Å². The van der Waals surface area contributed by atoms with Gasteiger partial charge in [-0.2, -0.15) is 0 Å². The molecule has 0 bridgehead atoms. The lowest BCUT2D eigenvalue weighted by Gasteiger charge is -2.14. The van der Waals surface area contributed by atoms with Gasteiger partial charge in [0.1, 0.15) is 0 Å². The number of benzene rings is 2. The second kappa shape index (κ2) is 6.37. The van der Waals surface area contributed by atoms with E-state index in [4.69, 9.17) is 0 Å². The van der Waals surface area contributed by atoms with Crippen LogP contribution in [0.3, 0.4) is 0 Å². The lowest BCUT2D eigenvalue weighted by Crippen LogP contribution is -2.03. The highest BCUT2D eigenvalue weighted by Gasteiger charge is 2.11. The van der Waals surface area contributed by atoms with Gasteiger partial charge >= 0.3 is 0 Å². The van der Waals surface area contributed by atoms with Crippen molar-refractivity contribution in [3.63, 3.8) is 0 Å². The van der Waals surface area contributed by atoms with E-state index in [2.05, 4.69) is 88.8 Å². The van der Waals surface area contributed by atoms with Crippen LogP contribution in [0, 0.1) is 17.4 Å². The molecule has 0 aliphatic heterocycles. The summed E-state index contributed by atoms with van der Waals surface area (Å²) in [5, 5.41) is 10.4. The summed E-state index contributed by atoms with van der Waals surface area (Å²) in [6.45, 7) is 4.11. The van der Waals surface area contributed by atoms with Crippen molar-refractivity contribution in [3.05, 3.63) is 66.7 Å². The van der Waals surface area contributed by atoms with E-state index in [-0.39, 0.29) is 0 Å². The van der Waals surface area contributed by atoms with E-state index in [1.807, 2.05) is 0 Å². The summed E-state index contributed by atoms with van der Waals surface area (Å²) < 4.78 is 2.34. The van der Waals surface area contributed by atoms with E-state index in [9.17, 15) is 5.11 Å². The highest BCUT2D eigenvalue weighted by atomic mass is 127. The maximum Gasteiger partial charge on any atom is 0.0830 e. The number of aryl methyl sites for hydroxylation is 2. The first kappa shape index (κ1) is 15.0. The first-order valence-corrected chi connectivity index (χ1v) is 8.03. The van der Waals surface area contributed by atoms with Crippen LogP contribution in [0.2, 0.25) is 0 Å². The molecule has 0 heterocycles. The summed E-state index contributed by atoms with van der Waals surface area (Å²) in [4.78, 5) is 0. The van der Waals surface area contributed by atoms with Crippen LogP contribution in [0.1, 0.15) is 28.4 Å². The van der Waals surface area contributed by atoms with Crippen molar-refractivity contribution in [2.75, 3.05) is 0 Å². The van der Waals surface area contributed by atoms with Crippen LogP contribution in [0.25, 0.3) is 0 Å². The second-order valence-corrected chi connectivity index (χ2v) is 6.85. The standard InChI is InChI=1S/C16H16BrIO/c1-10-7-13(8-11(2)16(10)17)15(19)9-12-3-5-14(18)6-4-12/h3-8,15,19H,9H2,1-2H3. The molecule has 19 heavy (non-hydrogen) atoms. The average molecular weight is 431 g/mol. The summed E-state index contributed by atoms with van der Waals surface area (Å²) in [6.07, 6.45) is 0.197. The average Bonchev–Trinajstić information content (AvgIpc) is 2.38. The fraction of sp³-hybridized carbons (Fsp3) is 0.250. The highest BCUT2D eigenvalue weighted by molar-refractivity contribution is 14.1. The number of aliphatic hydroxyl groups excluding tert-OH is 1. The molecular weight excluding hydrogens is 415 g/mol. The summed E-state index contributed by atoms with van der Waals surface area (Å²) in [5.74, 6) is 0. The first-order chi connectivity index (χ1) is 8.97. The largest absolute Gasteiger partial charge is 0.388 e. The molecule has 0 saturated heterocycles. The number of hydrogen-bond acceptors (Lipinski definition) is 1. The van der Waals surface area contributed by atoms with Gasteiger partial charge in [-0.1, -0.05) is 40.2 Å². The van der Waals surface area contributed by atoms with Gasteiger partial charge in [-0.05, 0) is 70.8 Å². The molecule has 1 N–H and O–H groups in total. The molecule has 100 valence electrons. The van der Waals surface area contributed by atoms with Gasteiger partial charge in [-0.25, -0.2) is 0 Å². The molecule has 0 radical (unpaired) electrons. The molecule has 0 aliphatic rings. The SMILES string of the molecule is Cc1cc(C(O)Cc2ccc(I)cc2)cc(C)c1Br. The van der Waals surface area contributed by atoms with Crippen LogP contribution in [-0.2, 0) is 6.42 Å². The van der Waals surface area contributed by atoms with E-state index >= 15 is 0 Å². The van der Waals surface area contributed by atoms with Crippen molar-refractivity contribution in [1.82, 2.24) is 0 Å². The van der Waals surface area contributed by atoms with Gasteiger partial charge in [0.05, 0.1) is 6.10 Å². The molecule has 2 rings (SSSR count). The normalized spacial score (nSPS) is 12.5. The zero-order valence-electron chi connectivity index (χ0n) is 11.0. The van der Waals surface area contributed by atoms with E-state index in [0.29, 0.717) is 6.42 Å². The zero-order chi connectivity index (χ0) is 14.0. The van der Waals surface area contributed by atoms with Gasteiger partial charge in [0.15, 0.2) is 0 Å². The molecule has 3 heteroatoms. The summed E-state index contributed by atoms with van der Waals surface area (Å²) in [6, 6.07) is 12.4. The molecule has 0 saturated carbocycles. The summed E-state index contributed by atoms with van der Waals surface area (Å²) in [5.41, 5.74) is 4.47. The number of aliphatic hydroxyl groups is 1. The Balaban J connectivity index is 2.20. The third-order valence-corrected chi connectivity index (χ3v) is 5.16. The molecule has 2 aromatic rings. The summed E-state index contributed by atoms with van der Waals surface area (Å²) in [7, 11) is 0. The predicted molar refractivity (Wildman–Crippen MR) is 91.4 cm³/mol. The van der Waals surface area contributed by atoms with Crippen LogP contribution in [0.4, 0.5) is 0 Å². The zero-order valence-corrected chi connectivity index (χ0v) is 14.7. The van der Waals surface area contributed by atoms with Gasteiger partial charge in [-0.3, -0.25) is 0 Å². The van der Waals surface area contributed by atoms with Crippen LogP contribution in [0.5, 0.6) is 0 Å². The Morgan fingerprint density at radius 2 is 1.63 bits per heavy atom. The molecule has 0 aliphatic carbocycles. The number of rotatable bonds is 3. The van der Waals surface area contributed by atoms with Gasteiger partial charge in [-0.15, -0.1) is 0 Å². The van der Waals surface area contributed by atoms with E-state index in [0.717, 1.165) is 26.7 Å². The Morgan fingerprint density at radius 1 is 1.11 bits per heavy atom. The molecule has 0 aromatic heterocycles. The minimum atomic E-state index is -0.453. The number of hydrogen-bond donors (Lipinski definition) is 1. The lowest BCUT2D eigenvalue weighted by molar-refractivity contribution is 0.178. The van der Waals surface area contributed by atoms with Crippen LogP contribution in [-0.4, -0.2) is 5.11 Å². The Hall–Kier alpha value is -0.390. The third-order valence-electron chi connectivity index (χ3n) is 3.19. The topological polar surface area (TPSA) is 20.2 Å². The van der Waals surface area contributed by atoms with Crippen molar-refractivity contribution in [2.45, 2.75) is 26.4 Å². The monoisotopic (exact) mass is 430 g/mol. The molecule has 0 amide bonds. The summed E-state index contributed by atoms with van der Waals surface area (Å²) >= 11 is 5.84. The number of halogens is 2. The van der Waals surface area contributed by atoms with Crippen LogP contribution >= 0.6 is 38.5 Å². The van der Waals surface area contributed by atoms with Gasteiger partial charge in [0.25, 0.3) is 0 Å². The van der Waals surface area contributed by atoms with Gasteiger partial charge < -0.3 is 5.11 Å². The highest BCUT2D eigenvalue weighted by Crippen LogP contribution is 2.27. The maximum atomic E-state index is 10.4. The Bertz CT molecular complexity index is 555. The smallest absolute Gasteiger partial charge is 0.0830 e. The molecule has 0 spiro atoms. The fourth-order valence-electron chi connectivity index (χ4n) is 2.13. The maximum absolute atomic E-state index is 10.4. The second-order valence-electron chi connectivity index (χ2n) is 4.82. The molecule has 2 aromatic carbocycles. The van der Waals surface area contributed by atoms with Crippen molar-refractivity contribution in [2.24, 2.45) is 0 Å². The Labute approximate surface area is 136 Å². The van der Waals surface area contributed by atoms with Crippen LogP contribution in [0.15, 0.2) is 40.9 Å². The molecule has 1 nitrogen and oxygen atoms in total. The third kappa shape index (κ3) is 3.80. The Kier molecular flexibility index (Phi) is 5.03. The molecule has 1 unspecified atom stereocenters. The molecule has 0 fully saturated rings. The first-order valence-electron chi connectivity index (χ1n) is 6.16. The van der Waals surface area contributed by atoms with Gasteiger partial charge in [0, 0.05) is 14.5 Å². The minimum absolute atomic E-state index is 0.453. The minimum Gasteiger partial charge on any atom is -0.388 e. The molecular formula is C16H16BrIO. The van der Waals surface area contributed by atoms with Crippen molar-refractivity contribution < 1.29 is 5.11 Å². The van der Waals surface area contributed by atoms with Crippen LogP contribution < -0.4 is 0 Å².